The molecule has 0 aliphatic heterocycles. The first kappa shape index (κ1) is 11.9. The Kier molecular flexibility index (Phi) is 4.99. The molecule has 0 bridgehead atoms. The van der Waals surface area contributed by atoms with Crippen LogP contribution in [0.1, 0.15) is 12.8 Å². The predicted molar refractivity (Wildman–Crippen MR) is 61.0 cm³/mol. The number of methoxy groups -OCH3 is 1. The van der Waals surface area contributed by atoms with Gasteiger partial charge in [-0.1, -0.05) is 0 Å². The fourth-order valence-corrected chi connectivity index (χ4v) is 1.53. The summed E-state index contributed by atoms with van der Waals surface area (Å²) in [5, 5.41) is 8.35. The molecule has 80 valence electrons. The lowest BCUT2D eigenvalue weighted by atomic mass is 10.3. The average molecular weight is 270 g/mol. The lowest BCUT2D eigenvalue weighted by Gasteiger charge is -2.08. The van der Waals surface area contributed by atoms with E-state index in [9.17, 15) is 0 Å². The van der Waals surface area contributed by atoms with Crippen LogP contribution in [0, 0.1) is 11.3 Å². The van der Waals surface area contributed by atoms with E-state index >= 15 is 0 Å². The Morgan fingerprint density at radius 2 is 2.27 bits per heavy atom. The van der Waals surface area contributed by atoms with E-state index in [1.807, 2.05) is 18.2 Å². The van der Waals surface area contributed by atoms with Crippen molar-refractivity contribution < 1.29 is 9.47 Å². The summed E-state index contributed by atoms with van der Waals surface area (Å²) in [5.74, 6) is 1.56. The Hall–Kier alpha value is -1.21. The summed E-state index contributed by atoms with van der Waals surface area (Å²) in [6.07, 6.45) is 1.27. The van der Waals surface area contributed by atoms with E-state index in [1.54, 1.807) is 7.11 Å². The van der Waals surface area contributed by atoms with Gasteiger partial charge < -0.3 is 9.47 Å². The number of hydrogen-bond acceptors (Lipinski definition) is 3. The maximum Gasteiger partial charge on any atom is 0.133 e. The van der Waals surface area contributed by atoms with Crippen LogP contribution in [-0.4, -0.2) is 13.7 Å². The van der Waals surface area contributed by atoms with E-state index in [0.717, 1.165) is 22.4 Å². The Balaban J connectivity index is 2.51. The van der Waals surface area contributed by atoms with E-state index in [2.05, 4.69) is 22.0 Å². The van der Waals surface area contributed by atoms with E-state index in [0.29, 0.717) is 13.0 Å². The van der Waals surface area contributed by atoms with Gasteiger partial charge in [0, 0.05) is 6.42 Å². The molecular weight excluding hydrogens is 258 g/mol. The Labute approximate surface area is 97.7 Å². The third-order valence-corrected chi connectivity index (χ3v) is 2.45. The largest absolute Gasteiger partial charge is 0.497 e. The SMILES string of the molecule is COc1ccc(OCCCC#N)c(Br)c1. The predicted octanol–water partition coefficient (Wildman–Crippen LogP) is 3.14. The van der Waals surface area contributed by atoms with E-state index in [1.165, 1.54) is 0 Å². The van der Waals surface area contributed by atoms with Crippen molar-refractivity contribution in [3.05, 3.63) is 22.7 Å². The van der Waals surface area contributed by atoms with Crippen LogP contribution in [0.2, 0.25) is 0 Å². The minimum Gasteiger partial charge on any atom is -0.497 e. The minimum atomic E-state index is 0.522. The molecule has 3 nitrogen and oxygen atoms in total. The number of benzene rings is 1. The first-order valence-electron chi connectivity index (χ1n) is 4.61. The van der Waals surface area contributed by atoms with Crippen LogP contribution in [0.5, 0.6) is 11.5 Å². The van der Waals surface area contributed by atoms with Gasteiger partial charge in [0.2, 0.25) is 0 Å². The van der Waals surface area contributed by atoms with Crippen molar-refractivity contribution in [2.24, 2.45) is 0 Å². The topological polar surface area (TPSA) is 42.2 Å². The van der Waals surface area contributed by atoms with Crippen LogP contribution < -0.4 is 9.47 Å². The number of hydrogen-bond donors (Lipinski definition) is 0. The minimum absolute atomic E-state index is 0.522. The molecule has 0 amide bonds. The molecular formula is C11H12BrNO2. The zero-order valence-electron chi connectivity index (χ0n) is 8.50. The molecule has 0 heterocycles. The van der Waals surface area contributed by atoms with E-state index in [-0.39, 0.29) is 0 Å². The van der Waals surface area contributed by atoms with E-state index in [4.69, 9.17) is 14.7 Å². The van der Waals surface area contributed by atoms with Crippen molar-refractivity contribution in [3.8, 4) is 17.6 Å². The third kappa shape index (κ3) is 3.80. The Bertz CT molecular complexity index is 360. The maximum atomic E-state index is 8.35. The quantitative estimate of drug-likeness (QED) is 0.772. The first-order chi connectivity index (χ1) is 7.27. The summed E-state index contributed by atoms with van der Waals surface area (Å²) in [7, 11) is 1.62. The van der Waals surface area contributed by atoms with Crippen molar-refractivity contribution in [1.29, 1.82) is 5.26 Å². The normalized spacial score (nSPS) is 9.40. The molecule has 1 aromatic rings. The third-order valence-electron chi connectivity index (χ3n) is 1.83. The molecule has 0 saturated heterocycles. The van der Waals surface area contributed by atoms with Crippen molar-refractivity contribution in [2.75, 3.05) is 13.7 Å². The summed E-state index contributed by atoms with van der Waals surface area (Å²) < 4.78 is 11.4. The highest BCUT2D eigenvalue weighted by atomic mass is 79.9. The van der Waals surface area contributed by atoms with Gasteiger partial charge in [-0.2, -0.15) is 5.26 Å². The van der Waals surface area contributed by atoms with Gasteiger partial charge in [-0.05, 0) is 40.5 Å². The summed E-state index contributed by atoms with van der Waals surface area (Å²) in [4.78, 5) is 0. The van der Waals surface area contributed by atoms with Crippen LogP contribution in [-0.2, 0) is 0 Å². The maximum absolute atomic E-state index is 8.35. The molecule has 4 heteroatoms. The van der Waals surface area contributed by atoms with Gasteiger partial charge in [0.15, 0.2) is 0 Å². The van der Waals surface area contributed by atoms with Crippen molar-refractivity contribution >= 4 is 15.9 Å². The second-order valence-corrected chi connectivity index (χ2v) is 3.76. The molecule has 1 aromatic carbocycles. The molecule has 0 fully saturated rings. The Morgan fingerprint density at radius 3 is 2.87 bits per heavy atom. The first-order valence-corrected chi connectivity index (χ1v) is 5.40. The number of nitriles is 1. The van der Waals surface area contributed by atoms with Gasteiger partial charge in [-0.25, -0.2) is 0 Å². The van der Waals surface area contributed by atoms with Crippen molar-refractivity contribution in [3.63, 3.8) is 0 Å². The summed E-state index contributed by atoms with van der Waals surface area (Å²) in [5.41, 5.74) is 0. The molecule has 0 N–H and O–H groups in total. The monoisotopic (exact) mass is 269 g/mol. The van der Waals surface area contributed by atoms with Crippen LogP contribution >= 0.6 is 15.9 Å². The van der Waals surface area contributed by atoms with Gasteiger partial charge in [0.1, 0.15) is 11.5 Å². The van der Waals surface area contributed by atoms with Gasteiger partial charge >= 0.3 is 0 Å². The molecule has 1 rings (SSSR count). The summed E-state index contributed by atoms with van der Waals surface area (Å²) in [6.45, 7) is 0.554. The zero-order valence-corrected chi connectivity index (χ0v) is 10.1. The fourth-order valence-electron chi connectivity index (χ4n) is 1.06. The highest BCUT2D eigenvalue weighted by Gasteiger charge is 2.02. The number of ether oxygens (including phenoxy) is 2. The highest BCUT2D eigenvalue weighted by molar-refractivity contribution is 9.10. The van der Waals surface area contributed by atoms with Gasteiger partial charge in [-0.3, -0.25) is 0 Å². The molecule has 15 heavy (non-hydrogen) atoms. The summed E-state index contributed by atoms with van der Waals surface area (Å²) in [6, 6.07) is 7.60. The van der Waals surface area contributed by atoms with E-state index < -0.39 is 0 Å². The number of rotatable bonds is 5. The zero-order chi connectivity index (χ0) is 11.1. The average Bonchev–Trinajstić information content (AvgIpc) is 2.26. The van der Waals surface area contributed by atoms with Crippen LogP contribution in [0.4, 0.5) is 0 Å². The molecule has 0 aliphatic carbocycles. The second kappa shape index (κ2) is 6.31. The van der Waals surface area contributed by atoms with Gasteiger partial charge in [-0.15, -0.1) is 0 Å². The van der Waals surface area contributed by atoms with Crippen molar-refractivity contribution in [1.82, 2.24) is 0 Å². The smallest absolute Gasteiger partial charge is 0.133 e. The van der Waals surface area contributed by atoms with Crippen LogP contribution in [0.3, 0.4) is 0 Å². The summed E-state index contributed by atoms with van der Waals surface area (Å²) >= 11 is 3.39. The number of nitrogens with zero attached hydrogens (tertiary/aromatic N) is 1. The van der Waals surface area contributed by atoms with Crippen molar-refractivity contribution in [2.45, 2.75) is 12.8 Å². The lowest BCUT2D eigenvalue weighted by Crippen LogP contribution is -1.97. The van der Waals surface area contributed by atoms with Crippen LogP contribution in [0.15, 0.2) is 22.7 Å². The molecule has 0 atom stereocenters. The van der Waals surface area contributed by atoms with Gasteiger partial charge in [0.25, 0.3) is 0 Å². The number of halogens is 1. The molecule has 0 aliphatic rings. The molecule has 0 radical (unpaired) electrons. The van der Waals surface area contributed by atoms with Gasteiger partial charge in [0.05, 0.1) is 24.3 Å². The molecule has 0 unspecified atom stereocenters. The standard InChI is InChI=1S/C11H12BrNO2/c1-14-9-4-5-11(10(12)8-9)15-7-3-2-6-13/h4-5,8H,2-3,7H2,1H3. The Morgan fingerprint density at radius 1 is 1.47 bits per heavy atom. The highest BCUT2D eigenvalue weighted by Crippen LogP contribution is 2.29. The molecule has 0 saturated carbocycles. The number of unbranched alkanes of at least 4 members (excludes halogenated alkanes) is 1. The van der Waals surface area contributed by atoms with Crippen LogP contribution in [0.25, 0.3) is 0 Å². The second-order valence-electron chi connectivity index (χ2n) is 2.91. The fraction of sp³-hybridized carbons (Fsp3) is 0.364. The lowest BCUT2D eigenvalue weighted by molar-refractivity contribution is 0.310. The molecule has 0 spiro atoms. The molecule has 0 aromatic heterocycles.